The van der Waals surface area contributed by atoms with Crippen LogP contribution in [0.15, 0.2) is 18.2 Å². The molecular weight excluding hydrogens is 276 g/mol. The minimum Gasteiger partial charge on any atom is -0.327 e. The first-order chi connectivity index (χ1) is 10.2. The molecule has 2 amide bonds. The summed E-state index contributed by atoms with van der Waals surface area (Å²) in [7, 11) is 0. The Morgan fingerprint density at radius 3 is 2.52 bits per heavy atom. The SMILES string of the molecule is O=C(NCC#CCN1CCCC1)Nc1c(F)cccc1F. The van der Waals surface area contributed by atoms with Crippen LogP contribution in [-0.2, 0) is 0 Å². The van der Waals surface area contributed by atoms with E-state index in [9.17, 15) is 13.6 Å². The number of anilines is 1. The Kier molecular flexibility index (Phi) is 5.52. The lowest BCUT2D eigenvalue weighted by atomic mass is 10.3. The van der Waals surface area contributed by atoms with Gasteiger partial charge in [-0.3, -0.25) is 4.90 Å². The Morgan fingerprint density at radius 1 is 1.19 bits per heavy atom. The Balaban J connectivity index is 1.73. The van der Waals surface area contributed by atoms with E-state index in [1.54, 1.807) is 0 Å². The zero-order valence-electron chi connectivity index (χ0n) is 11.6. The number of amides is 2. The van der Waals surface area contributed by atoms with Gasteiger partial charge in [0, 0.05) is 0 Å². The van der Waals surface area contributed by atoms with Crippen molar-refractivity contribution in [2.24, 2.45) is 0 Å². The van der Waals surface area contributed by atoms with E-state index in [1.807, 2.05) is 0 Å². The summed E-state index contributed by atoms with van der Waals surface area (Å²) in [5, 5.41) is 4.57. The molecule has 1 saturated heterocycles. The van der Waals surface area contributed by atoms with Crippen LogP contribution in [0.5, 0.6) is 0 Å². The maximum atomic E-state index is 13.3. The summed E-state index contributed by atoms with van der Waals surface area (Å²) < 4.78 is 26.6. The number of carbonyl (C=O) groups is 1. The molecule has 0 atom stereocenters. The van der Waals surface area contributed by atoms with Gasteiger partial charge in [-0.1, -0.05) is 17.9 Å². The Morgan fingerprint density at radius 2 is 1.86 bits per heavy atom. The highest BCUT2D eigenvalue weighted by molar-refractivity contribution is 5.89. The van der Waals surface area contributed by atoms with E-state index in [0.717, 1.165) is 25.2 Å². The number of para-hydroxylation sites is 1. The lowest BCUT2D eigenvalue weighted by molar-refractivity contribution is 0.253. The van der Waals surface area contributed by atoms with Crippen LogP contribution in [-0.4, -0.2) is 37.1 Å². The highest BCUT2D eigenvalue weighted by atomic mass is 19.1. The first kappa shape index (κ1) is 15.3. The maximum absolute atomic E-state index is 13.3. The molecule has 0 aromatic heterocycles. The van der Waals surface area contributed by atoms with Gasteiger partial charge in [0.2, 0.25) is 0 Å². The molecule has 1 aromatic carbocycles. The van der Waals surface area contributed by atoms with Gasteiger partial charge in [-0.25, -0.2) is 13.6 Å². The monoisotopic (exact) mass is 293 g/mol. The number of nitrogens with one attached hydrogen (secondary N) is 2. The molecule has 0 radical (unpaired) electrons. The van der Waals surface area contributed by atoms with Gasteiger partial charge >= 0.3 is 6.03 Å². The van der Waals surface area contributed by atoms with Crippen LogP contribution in [0.25, 0.3) is 0 Å². The molecule has 0 spiro atoms. The fourth-order valence-corrected chi connectivity index (χ4v) is 2.07. The van der Waals surface area contributed by atoms with E-state index in [0.29, 0.717) is 6.54 Å². The van der Waals surface area contributed by atoms with Crippen LogP contribution < -0.4 is 10.6 Å². The van der Waals surface area contributed by atoms with E-state index in [2.05, 4.69) is 27.4 Å². The zero-order chi connectivity index (χ0) is 15.1. The number of rotatable bonds is 3. The summed E-state index contributed by atoms with van der Waals surface area (Å²) in [5.74, 6) is 4.13. The number of nitrogens with zero attached hydrogens (tertiary/aromatic N) is 1. The summed E-state index contributed by atoms with van der Waals surface area (Å²) in [6, 6.07) is 2.70. The van der Waals surface area contributed by atoms with E-state index in [1.165, 1.54) is 18.9 Å². The lowest BCUT2D eigenvalue weighted by Gasteiger charge is -2.09. The molecule has 0 saturated carbocycles. The molecule has 2 rings (SSSR count). The van der Waals surface area contributed by atoms with E-state index in [4.69, 9.17) is 0 Å². The molecule has 2 N–H and O–H groups in total. The molecule has 1 aromatic rings. The summed E-state index contributed by atoms with van der Waals surface area (Å²) in [6.45, 7) is 2.95. The van der Waals surface area contributed by atoms with Crippen molar-refractivity contribution >= 4 is 11.7 Å². The van der Waals surface area contributed by atoms with Crippen LogP contribution in [0.4, 0.5) is 19.3 Å². The van der Waals surface area contributed by atoms with Crippen molar-refractivity contribution < 1.29 is 13.6 Å². The highest BCUT2D eigenvalue weighted by Crippen LogP contribution is 2.17. The predicted molar refractivity (Wildman–Crippen MR) is 76.8 cm³/mol. The number of halogens is 2. The first-order valence-corrected chi connectivity index (χ1v) is 6.84. The summed E-state index contributed by atoms with van der Waals surface area (Å²) >= 11 is 0. The smallest absolute Gasteiger partial charge is 0.320 e. The number of carbonyl (C=O) groups excluding carboxylic acids is 1. The second kappa shape index (κ2) is 7.60. The molecule has 1 aliphatic rings. The molecule has 0 unspecified atom stereocenters. The van der Waals surface area contributed by atoms with Gasteiger partial charge in [0.25, 0.3) is 0 Å². The average Bonchev–Trinajstić information content (AvgIpc) is 2.96. The van der Waals surface area contributed by atoms with Gasteiger partial charge in [-0.2, -0.15) is 0 Å². The number of urea groups is 1. The van der Waals surface area contributed by atoms with E-state index < -0.39 is 23.4 Å². The van der Waals surface area contributed by atoms with E-state index >= 15 is 0 Å². The maximum Gasteiger partial charge on any atom is 0.320 e. The minimum absolute atomic E-state index is 0.135. The van der Waals surface area contributed by atoms with Crippen LogP contribution in [0.3, 0.4) is 0 Å². The quantitative estimate of drug-likeness (QED) is 0.839. The molecule has 6 heteroatoms. The fraction of sp³-hybridized carbons (Fsp3) is 0.400. The highest BCUT2D eigenvalue weighted by Gasteiger charge is 2.11. The Hall–Kier alpha value is -2.13. The molecule has 1 aliphatic heterocycles. The minimum atomic E-state index is -0.815. The molecule has 0 aliphatic carbocycles. The third-order valence-corrected chi connectivity index (χ3v) is 3.16. The van der Waals surface area contributed by atoms with Crippen molar-refractivity contribution in [1.82, 2.24) is 10.2 Å². The molecule has 112 valence electrons. The van der Waals surface area contributed by atoms with Crippen molar-refractivity contribution in [3.63, 3.8) is 0 Å². The summed E-state index contributed by atoms with van der Waals surface area (Å²) in [4.78, 5) is 13.7. The molecule has 1 fully saturated rings. The molecule has 1 heterocycles. The third kappa shape index (κ3) is 4.72. The number of hydrogen-bond acceptors (Lipinski definition) is 2. The largest absolute Gasteiger partial charge is 0.327 e. The zero-order valence-corrected chi connectivity index (χ0v) is 11.6. The Labute approximate surface area is 122 Å². The van der Waals surface area contributed by atoms with Gasteiger partial charge in [-0.15, -0.1) is 0 Å². The van der Waals surface area contributed by atoms with Gasteiger partial charge in [0.1, 0.15) is 17.3 Å². The van der Waals surface area contributed by atoms with Crippen molar-refractivity contribution in [2.45, 2.75) is 12.8 Å². The van der Waals surface area contributed by atoms with E-state index in [-0.39, 0.29) is 6.54 Å². The van der Waals surface area contributed by atoms with Crippen LogP contribution >= 0.6 is 0 Å². The lowest BCUT2D eigenvalue weighted by Crippen LogP contribution is -2.29. The molecular formula is C15H17F2N3O. The second-order valence-corrected chi connectivity index (χ2v) is 4.74. The molecule has 4 nitrogen and oxygen atoms in total. The fourth-order valence-electron chi connectivity index (χ4n) is 2.07. The van der Waals surface area contributed by atoms with Crippen molar-refractivity contribution in [1.29, 1.82) is 0 Å². The molecule has 0 bridgehead atoms. The topological polar surface area (TPSA) is 44.4 Å². The third-order valence-electron chi connectivity index (χ3n) is 3.16. The van der Waals surface area contributed by atoms with Crippen LogP contribution in [0.2, 0.25) is 0 Å². The second-order valence-electron chi connectivity index (χ2n) is 4.74. The summed E-state index contributed by atoms with van der Waals surface area (Å²) in [6.07, 6.45) is 2.41. The van der Waals surface area contributed by atoms with Gasteiger partial charge in [0.05, 0.1) is 13.1 Å². The number of benzene rings is 1. The molecule has 21 heavy (non-hydrogen) atoms. The number of hydrogen-bond donors (Lipinski definition) is 2. The standard InChI is InChI=1S/C15H17F2N3O/c16-12-6-5-7-13(17)14(12)19-15(21)18-8-1-2-9-20-10-3-4-11-20/h5-7H,3-4,8-11H2,(H2,18,19,21). The van der Waals surface area contributed by atoms with Crippen molar-refractivity contribution in [3.05, 3.63) is 29.8 Å². The van der Waals surface area contributed by atoms with Gasteiger partial charge in [0.15, 0.2) is 0 Å². The van der Waals surface area contributed by atoms with Crippen LogP contribution in [0, 0.1) is 23.5 Å². The van der Waals surface area contributed by atoms with Gasteiger partial charge in [-0.05, 0) is 38.1 Å². The first-order valence-electron chi connectivity index (χ1n) is 6.84. The van der Waals surface area contributed by atoms with Crippen molar-refractivity contribution in [2.75, 3.05) is 31.5 Å². The summed E-state index contributed by atoms with van der Waals surface area (Å²) in [5.41, 5.74) is -0.458. The normalized spacial score (nSPS) is 14.4. The Bertz CT molecular complexity index is 540. The van der Waals surface area contributed by atoms with Crippen LogP contribution in [0.1, 0.15) is 12.8 Å². The predicted octanol–water partition coefficient (Wildman–Crippen LogP) is 2.19. The average molecular weight is 293 g/mol. The van der Waals surface area contributed by atoms with Crippen molar-refractivity contribution in [3.8, 4) is 11.8 Å². The number of likely N-dealkylation sites (tertiary alicyclic amines) is 1. The van der Waals surface area contributed by atoms with Gasteiger partial charge < -0.3 is 10.6 Å².